The Labute approximate surface area is 165 Å². The third-order valence-electron chi connectivity index (χ3n) is 4.28. The lowest BCUT2D eigenvalue weighted by Crippen LogP contribution is -2.10. The predicted molar refractivity (Wildman–Crippen MR) is 106 cm³/mol. The molecule has 2 aromatic carbocycles. The maximum Gasteiger partial charge on any atom is 0.343 e. The molecule has 146 valence electrons. The largest absolute Gasteiger partial charge is 0.462 e. The van der Waals surface area contributed by atoms with Crippen molar-refractivity contribution in [1.29, 1.82) is 5.26 Å². The van der Waals surface area contributed by atoms with Crippen LogP contribution >= 0.6 is 0 Å². The first-order chi connectivity index (χ1) is 13.6. The smallest absolute Gasteiger partial charge is 0.343 e. The van der Waals surface area contributed by atoms with Crippen LogP contribution in [0.4, 0.5) is 0 Å². The van der Waals surface area contributed by atoms with E-state index >= 15 is 0 Å². The third-order valence-corrected chi connectivity index (χ3v) is 4.28. The molecular weight excluding hydrogens is 354 g/mol. The minimum absolute atomic E-state index is 0.330. The van der Waals surface area contributed by atoms with Gasteiger partial charge < -0.3 is 9.47 Å². The predicted octanol–water partition coefficient (Wildman–Crippen LogP) is 5.29. The van der Waals surface area contributed by atoms with Gasteiger partial charge in [-0.2, -0.15) is 5.26 Å². The average Bonchev–Trinajstić information content (AvgIpc) is 2.73. The van der Waals surface area contributed by atoms with Gasteiger partial charge in [-0.05, 0) is 55.0 Å². The van der Waals surface area contributed by atoms with Crippen LogP contribution in [0.25, 0.3) is 0 Å². The number of hydrogen-bond acceptors (Lipinski definition) is 5. The normalized spacial score (nSPS) is 10.1. The van der Waals surface area contributed by atoms with Gasteiger partial charge in [0.25, 0.3) is 0 Å². The lowest BCUT2D eigenvalue weighted by atomic mass is 10.1. The summed E-state index contributed by atoms with van der Waals surface area (Å²) in [7, 11) is 0. The highest BCUT2D eigenvalue weighted by molar-refractivity contribution is 5.94. The Bertz CT molecular complexity index is 804. The molecule has 0 atom stereocenters. The molecule has 28 heavy (non-hydrogen) atoms. The summed E-state index contributed by atoms with van der Waals surface area (Å²) < 4.78 is 10.5. The molecule has 5 heteroatoms. The van der Waals surface area contributed by atoms with Crippen LogP contribution in [-0.4, -0.2) is 18.5 Å². The van der Waals surface area contributed by atoms with Crippen LogP contribution in [0.5, 0.6) is 5.75 Å². The Morgan fingerprint density at radius 2 is 1.39 bits per heavy atom. The molecule has 0 unspecified atom stereocenters. The number of carbonyl (C=O) groups excluding carboxylic acids is 2. The van der Waals surface area contributed by atoms with Gasteiger partial charge >= 0.3 is 11.9 Å². The van der Waals surface area contributed by atoms with E-state index in [0.717, 1.165) is 12.8 Å². The van der Waals surface area contributed by atoms with Crippen molar-refractivity contribution in [2.75, 3.05) is 6.61 Å². The standard InChI is InChI=1S/C23H25NO4/c1-2-3-4-5-6-7-16-27-22(25)19-10-12-20(13-11-19)23(26)28-21-14-8-18(17-24)9-15-21/h8-15H,2-7,16H2,1H3. The highest BCUT2D eigenvalue weighted by atomic mass is 16.5. The lowest BCUT2D eigenvalue weighted by Gasteiger charge is -2.07. The molecule has 5 nitrogen and oxygen atoms in total. The van der Waals surface area contributed by atoms with Gasteiger partial charge in [0.2, 0.25) is 0 Å². The zero-order chi connectivity index (χ0) is 20.2. The molecule has 0 fully saturated rings. The molecule has 0 saturated heterocycles. The molecule has 0 amide bonds. The molecule has 0 radical (unpaired) electrons. The van der Waals surface area contributed by atoms with Gasteiger partial charge in [0, 0.05) is 0 Å². The van der Waals surface area contributed by atoms with Gasteiger partial charge in [-0.15, -0.1) is 0 Å². The second-order valence-corrected chi connectivity index (χ2v) is 6.51. The van der Waals surface area contributed by atoms with Crippen molar-refractivity contribution in [3.63, 3.8) is 0 Å². The van der Waals surface area contributed by atoms with Crippen molar-refractivity contribution in [1.82, 2.24) is 0 Å². The summed E-state index contributed by atoms with van der Waals surface area (Å²) >= 11 is 0. The molecule has 0 aliphatic carbocycles. The molecule has 0 spiro atoms. The second-order valence-electron chi connectivity index (χ2n) is 6.51. The zero-order valence-corrected chi connectivity index (χ0v) is 16.1. The number of hydrogen-bond donors (Lipinski definition) is 0. The van der Waals surface area contributed by atoms with E-state index < -0.39 is 5.97 Å². The van der Waals surface area contributed by atoms with Crippen LogP contribution in [0.2, 0.25) is 0 Å². The summed E-state index contributed by atoms with van der Waals surface area (Å²) in [5.41, 5.74) is 1.22. The van der Waals surface area contributed by atoms with Crippen molar-refractivity contribution in [3.8, 4) is 11.8 Å². The Kier molecular flexibility index (Phi) is 8.74. The third kappa shape index (κ3) is 6.88. The number of carbonyl (C=O) groups is 2. The number of nitriles is 1. The number of benzene rings is 2. The fourth-order valence-corrected chi connectivity index (χ4v) is 2.64. The van der Waals surface area contributed by atoms with E-state index in [2.05, 4.69) is 6.92 Å². The topological polar surface area (TPSA) is 76.4 Å². The quantitative estimate of drug-likeness (QED) is 0.318. The highest BCUT2D eigenvalue weighted by Gasteiger charge is 2.12. The van der Waals surface area contributed by atoms with Gasteiger partial charge in [0.05, 0.1) is 29.4 Å². The summed E-state index contributed by atoms with van der Waals surface area (Å²) in [5.74, 6) is -0.566. The summed E-state index contributed by atoms with van der Waals surface area (Å²) in [4.78, 5) is 24.2. The first-order valence-electron chi connectivity index (χ1n) is 9.63. The Morgan fingerprint density at radius 1 is 0.821 bits per heavy atom. The van der Waals surface area contributed by atoms with Gasteiger partial charge in [-0.25, -0.2) is 9.59 Å². The van der Waals surface area contributed by atoms with Crippen LogP contribution in [0.3, 0.4) is 0 Å². The van der Waals surface area contributed by atoms with E-state index in [0.29, 0.717) is 29.0 Å². The molecule has 2 aromatic rings. The van der Waals surface area contributed by atoms with Crippen LogP contribution in [0.1, 0.15) is 71.7 Å². The number of rotatable bonds is 10. The summed E-state index contributed by atoms with van der Waals surface area (Å²) in [5, 5.41) is 8.78. The Morgan fingerprint density at radius 3 is 2.00 bits per heavy atom. The molecule has 0 saturated carbocycles. The van der Waals surface area contributed by atoms with Crippen molar-refractivity contribution in [3.05, 3.63) is 65.2 Å². The summed E-state index contributed by atoms with van der Waals surface area (Å²) in [6.45, 7) is 2.59. The second kappa shape index (κ2) is 11.6. The first-order valence-corrected chi connectivity index (χ1v) is 9.63. The number of unbranched alkanes of at least 4 members (excludes halogenated alkanes) is 5. The van der Waals surface area contributed by atoms with Crippen LogP contribution in [0, 0.1) is 11.3 Å². The fourth-order valence-electron chi connectivity index (χ4n) is 2.64. The van der Waals surface area contributed by atoms with E-state index in [1.54, 1.807) is 36.4 Å². The molecular formula is C23H25NO4. The first kappa shape index (κ1) is 21.2. The molecule has 0 aromatic heterocycles. The van der Waals surface area contributed by atoms with Gasteiger partial charge in [-0.3, -0.25) is 0 Å². The molecule has 0 aliphatic rings. The number of ether oxygens (including phenoxy) is 2. The monoisotopic (exact) mass is 379 g/mol. The van der Waals surface area contributed by atoms with E-state index in [1.165, 1.54) is 37.8 Å². The lowest BCUT2D eigenvalue weighted by molar-refractivity contribution is 0.0497. The average molecular weight is 379 g/mol. The van der Waals surface area contributed by atoms with Crippen molar-refractivity contribution >= 4 is 11.9 Å². The molecule has 2 rings (SSSR count). The number of esters is 2. The van der Waals surface area contributed by atoms with Crippen molar-refractivity contribution in [2.45, 2.75) is 45.4 Å². The summed E-state index contributed by atoms with van der Waals surface area (Å²) in [6, 6.07) is 14.4. The van der Waals surface area contributed by atoms with Crippen molar-refractivity contribution < 1.29 is 19.1 Å². The van der Waals surface area contributed by atoms with E-state index in [9.17, 15) is 9.59 Å². The molecule has 0 aliphatic heterocycles. The maximum atomic E-state index is 12.2. The Hall–Kier alpha value is -3.13. The highest BCUT2D eigenvalue weighted by Crippen LogP contribution is 2.15. The van der Waals surface area contributed by atoms with Gasteiger partial charge in [-0.1, -0.05) is 39.0 Å². The van der Waals surface area contributed by atoms with Crippen molar-refractivity contribution in [2.24, 2.45) is 0 Å². The van der Waals surface area contributed by atoms with E-state index in [4.69, 9.17) is 14.7 Å². The molecule has 0 N–H and O–H groups in total. The minimum Gasteiger partial charge on any atom is -0.462 e. The van der Waals surface area contributed by atoms with Crippen LogP contribution in [-0.2, 0) is 4.74 Å². The zero-order valence-electron chi connectivity index (χ0n) is 16.1. The molecule has 0 heterocycles. The maximum absolute atomic E-state index is 12.2. The van der Waals surface area contributed by atoms with Gasteiger partial charge in [0.1, 0.15) is 5.75 Å². The van der Waals surface area contributed by atoms with Gasteiger partial charge in [0.15, 0.2) is 0 Å². The number of nitrogens with zero attached hydrogens (tertiary/aromatic N) is 1. The SMILES string of the molecule is CCCCCCCCOC(=O)c1ccc(C(=O)Oc2ccc(C#N)cc2)cc1. The van der Waals surface area contributed by atoms with E-state index in [-0.39, 0.29) is 5.97 Å². The van der Waals surface area contributed by atoms with Crippen LogP contribution < -0.4 is 4.74 Å². The minimum atomic E-state index is -0.531. The Balaban J connectivity index is 1.79. The fraction of sp³-hybridized carbons (Fsp3) is 0.348. The summed E-state index contributed by atoms with van der Waals surface area (Å²) in [6.07, 6.45) is 6.79. The van der Waals surface area contributed by atoms with E-state index in [1.807, 2.05) is 6.07 Å². The molecule has 0 bridgehead atoms. The van der Waals surface area contributed by atoms with Crippen LogP contribution in [0.15, 0.2) is 48.5 Å².